The summed E-state index contributed by atoms with van der Waals surface area (Å²) < 4.78 is 0. The van der Waals surface area contributed by atoms with Crippen LogP contribution in [0.15, 0.2) is 47.7 Å². The molecule has 1 amide bonds. The van der Waals surface area contributed by atoms with Crippen molar-refractivity contribution in [3.8, 4) is 11.1 Å². The standard InChI is InChI=1S/C23H26N4O2/c1-27-20(29)13-23(26-21(27)24)19-11-15(17-3-2-10-25-14-17)4-5-16(19)12-22(23)8-6-18(28)7-9-22/h2-5,10-11,14,18,28H,6-9,12-13H2,1H3,(H2,24,26). The number of aliphatic imine (C=N–C) groups is 1. The topological polar surface area (TPSA) is 91.8 Å². The fraction of sp³-hybridized carbons (Fsp3) is 0.435. The van der Waals surface area contributed by atoms with Gasteiger partial charge in [-0.2, -0.15) is 0 Å². The van der Waals surface area contributed by atoms with Crippen LogP contribution in [0.5, 0.6) is 0 Å². The van der Waals surface area contributed by atoms with E-state index in [-0.39, 0.29) is 23.4 Å². The lowest BCUT2D eigenvalue weighted by Crippen LogP contribution is -2.54. The van der Waals surface area contributed by atoms with Gasteiger partial charge in [0.1, 0.15) is 5.54 Å². The van der Waals surface area contributed by atoms with Gasteiger partial charge in [-0.05, 0) is 66.5 Å². The third-order valence-electron chi connectivity index (χ3n) is 7.30. The minimum absolute atomic E-state index is 0.00243. The van der Waals surface area contributed by atoms with Crippen LogP contribution in [0, 0.1) is 5.41 Å². The van der Waals surface area contributed by atoms with E-state index in [0.717, 1.165) is 48.8 Å². The third kappa shape index (κ3) is 2.62. The number of carbonyl (C=O) groups excluding carboxylic acids is 1. The number of amides is 1. The van der Waals surface area contributed by atoms with Crippen LogP contribution >= 0.6 is 0 Å². The largest absolute Gasteiger partial charge is 0.393 e. The molecule has 1 aromatic heterocycles. The Balaban J connectivity index is 1.70. The molecule has 2 aliphatic carbocycles. The zero-order valence-corrected chi connectivity index (χ0v) is 16.6. The molecule has 29 heavy (non-hydrogen) atoms. The number of nitrogens with two attached hydrogens (primary N) is 1. The maximum absolute atomic E-state index is 12.9. The molecular weight excluding hydrogens is 364 g/mol. The zero-order chi connectivity index (χ0) is 20.2. The summed E-state index contributed by atoms with van der Waals surface area (Å²) in [7, 11) is 1.69. The lowest BCUT2D eigenvalue weighted by atomic mass is 9.60. The lowest BCUT2D eigenvalue weighted by molar-refractivity contribution is -0.131. The van der Waals surface area contributed by atoms with Gasteiger partial charge in [0.2, 0.25) is 5.91 Å². The number of carbonyl (C=O) groups is 1. The monoisotopic (exact) mass is 390 g/mol. The fourth-order valence-corrected chi connectivity index (χ4v) is 5.61. The first-order valence-corrected chi connectivity index (χ1v) is 10.3. The average molecular weight is 390 g/mol. The van der Waals surface area contributed by atoms with Crippen molar-refractivity contribution in [3.05, 3.63) is 53.9 Å². The summed E-state index contributed by atoms with van der Waals surface area (Å²) in [5.41, 5.74) is 9.87. The van der Waals surface area contributed by atoms with Gasteiger partial charge in [-0.25, -0.2) is 4.99 Å². The molecule has 1 atom stereocenters. The normalized spacial score (nSPS) is 31.2. The molecule has 1 saturated carbocycles. The molecule has 3 aliphatic rings. The Morgan fingerprint density at radius 2 is 1.97 bits per heavy atom. The van der Waals surface area contributed by atoms with Crippen molar-refractivity contribution in [1.29, 1.82) is 0 Å². The number of aliphatic hydroxyl groups is 1. The second-order valence-electron chi connectivity index (χ2n) is 8.76. The Bertz CT molecular complexity index is 995. The number of aliphatic hydroxyl groups excluding tert-OH is 1. The van der Waals surface area contributed by atoms with Gasteiger partial charge in [-0.15, -0.1) is 0 Å². The molecule has 2 aromatic rings. The van der Waals surface area contributed by atoms with E-state index in [9.17, 15) is 9.90 Å². The van der Waals surface area contributed by atoms with Gasteiger partial charge in [0.25, 0.3) is 0 Å². The van der Waals surface area contributed by atoms with Crippen molar-refractivity contribution in [2.24, 2.45) is 16.1 Å². The van der Waals surface area contributed by atoms with E-state index in [1.807, 2.05) is 18.3 Å². The second kappa shape index (κ2) is 6.39. The summed E-state index contributed by atoms with van der Waals surface area (Å²) in [5, 5.41) is 10.2. The van der Waals surface area contributed by atoms with Gasteiger partial charge < -0.3 is 10.8 Å². The third-order valence-corrected chi connectivity index (χ3v) is 7.30. The Hall–Kier alpha value is -2.73. The highest BCUT2D eigenvalue weighted by atomic mass is 16.3. The van der Waals surface area contributed by atoms with Gasteiger partial charge in [0, 0.05) is 24.9 Å². The van der Waals surface area contributed by atoms with Crippen LogP contribution in [-0.4, -0.2) is 40.0 Å². The molecule has 1 unspecified atom stereocenters. The summed E-state index contributed by atoms with van der Waals surface area (Å²) in [6.45, 7) is 0. The van der Waals surface area contributed by atoms with Crippen molar-refractivity contribution >= 4 is 11.9 Å². The van der Waals surface area contributed by atoms with Crippen LogP contribution in [0.1, 0.15) is 43.2 Å². The van der Waals surface area contributed by atoms with Gasteiger partial charge in [0.05, 0.1) is 12.5 Å². The number of fused-ring (bicyclic) bond motifs is 3. The number of rotatable bonds is 1. The Labute approximate surface area is 170 Å². The number of pyridine rings is 1. The molecular formula is C23H26N4O2. The molecule has 1 aliphatic heterocycles. The highest BCUT2D eigenvalue weighted by Gasteiger charge is 2.61. The van der Waals surface area contributed by atoms with Crippen molar-refractivity contribution in [3.63, 3.8) is 0 Å². The highest BCUT2D eigenvalue weighted by Crippen LogP contribution is 2.62. The highest BCUT2D eigenvalue weighted by molar-refractivity contribution is 5.99. The summed E-state index contributed by atoms with van der Waals surface area (Å²) in [6.07, 6.45) is 7.72. The molecule has 2 spiro atoms. The van der Waals surface area contributed by atoms with Gasteiger partial charge >= 0.3 is 0 Å². The first kappa shape index (κ1) is 18.3. The van der Waals surface area contributed by atoms with Crippen molar-refractivity contribution in [2.45, 2.75) is 50.2 Å². The number of hydrogen-bond donors (Lipinski definition) is 2. The van der Waals surface area contributed by atoms with Crippen LogP contribution in [-0.2, 0) is 16.8 Å². The molecule has 2 heterocycles. The van der Waals surface area contributed by atoms with Gasteiger partial charge in [-0.1, -0.05) is 18.2 Å². The maximum Gasteiger partial charge on any atom is 0.231 e. The molecule has 3 N–H and O–H groups in total. The zero-order valence-electron chi connectivity index (χ0n) is 16.6. The van der Waals surface area contributed by atoms with Crippen LogP contribution in [0.25, 0.3) is 11.1 Å². The number of hydrogen-bond acceptors (Lipinski definition) is 5. The van der Waals surface area contributed by atoms with Crippen molar-refractivity contribution in [1.82, 2.24) is 9.88 Å². The first-order valence-electron chi connectivity index (χ1n) is 10.3. The maximum atomic E-state index is 12.9. The van der Waals surface area contributed by atoms with E-state index >= 15 is 0 Å². The van der Waals surface area contributed by atoms with Gasteiger partial charge in [0.15, 0.2) is 5.96 Å². The number of nitrogens with zero attached hydrogens (tertiary/aromatic N) is 3. The predicted octanol–water partition coefficient (Wildman–Crippen LogP) is 2.60. The molecule has 5 rings (SSSR count). The summed E-state index contributed by atoms with van der Waals surface area (Å²) >= 11 is 0. The lowest BCUT2D eigenvalue weighted by Gasteiger charge is -2.49. The van der Waals surface area contributed by atoms with E-state index in [1.165, 1.54) is 10.5 Å². The number of aromatic nitrogens is 1. The van der Waals surface area contributed by atoms with Gasteiger partial charge in [-0.3, -0.25) is 14.7 Å². The second-order valence-corrected chi connectivity index (χ2v) is 8.76. The van der Waals surface area contributed by atoms with Crippen LogP contribution < -0.4 is 5.73 Å². The Morgan fingerprint density at radius 3 is 2.66 bits per heavy atom. The fourth-order valence-electron chi connectivity index (χ4n) is 5.61. The van der Waals surface area contributed by atoms with E-state index < -0.39 is 5.54 Å². The number of benzene rings is 1. The van der Waals surface area contributed by atoms with E-state index in [2.05, 4.69) is 23.2 Å². The summed E-state index contributed by atoms with van der Waals surface area (Å²) in [5.74, 6) is 0.286. The minimum Gasteiger partial charge on any atom is -0.393 e. The number of guanidine groups is 1. The smallest absolute Gasteiger partial charge is 0.231 e. The molecule has 0 bridgehead atoms. The Morgan fingerprint density at radius 1 is 1.17 bits per heavy atom. The molecule has 1 aromatic carbocycles. The molecule has 150 valence electrons. The predicted molar refractivity (Wildman–Crippen MR) is 111 cm³/mol. The summed E-state index contributed by atoms with van der Waals surface area (Å²) in [6, 6.07) is 10.5. The van der Waals surface area contributed by atoms with Crippen LogP contribution in [0.2, 0.25) is 0 Å². The molecule has 6 heteroatoms. The molecule has 6 nitrogen and oxygen atoms in total. The first-order chi connectivity index (χ1) is 13.9. The summed E-state index contributed by atoms with van der Waals surface area (Å²) in [4.78, 5) is 23.7. The quantitative estimate of drug-likeness (QED) is 0.783. The van der Waals surface area contributed by atoms with E-state index in [1.54, 1.807) is 13.2 Å². The molecule has 0 saturated heterocycles. The average Bonchev–Trinajstić information content (AvgIpc) is 2.97. The molecule has 0 radical (unpaired) electrons. The van der Waals surface area contributed by atoms with E-state index in [4.69, 9.17) is 10.7 Å². The van der Waals surface area contributed by atoms with Crippen LogP contribution in [0.4, 0.5) is 0 Å². The SMILES string of the molecule is CN1C(=O)CC2(N=C1N)c1cc(-c3cccnc3)ccc1CC21CCC(O)CC1. The van der Waals surface area contributed by atoms with Crippen molar-refractivity contribution < 1.29 is 9.90 Å². The van der Waals surface area contributed by atoms with Crippen molar-refractivity contribution in [2.75, 3.05) is 7.05 Å². The van der Waals surface area contributed by atoms with Crippen LogP contribution in [0.3, 0.4) is 0 Å². The Kier molecular flexibility index (Phi) is 4.03. The minimum atomic E-state index is -0.658. The molecule has 1 fully saturated rings. The van der Waals surface area contributed by atoms with E-state index in [0.29, 0.717) is 6.42 Å².